The van der Waals surface area contributed by atoms with Gasteiger partial charge < -0.3 is 15.3 Å². The SMILES string of the molecule is CSc1nc(Cl)cc(N2CCNC(C(=O)O)C2)n1. The number of thioether (sulfide) groups is 1. The minimum absolute atomic E-state index is 0.370. The van der Waals surface area contributed by atoms with Crippen LogP contribution < -0.4 is 10.2 Å². The lowest BCUT2D eigenvalue weighted by molar-refractivity contribution is -0.139. The molecule has 0 spiro atoms. The molecule has 1 unspecified atom stereocenters. The number of aliphatic carboxylic acids is 1. The van der Waals surface area contributed by atoms with Crippen molar-refractivity contribution in [2.45, 2.75) is 11.2 Å². The number of piperazine rings is 1. The van der Waals surface area contributed by atoms with Gasteiger partial charge in [-0.25, -0.2) is 9.97 Å². The number of nitrogens with one attached hydrogen (secondary N) is 1. The van der Waals surface area contributed by atoms with Crippen LogP contribution in [0.4, 0.5) is 5.82 Å². The van der Waals surface area contributed by atoms with Gasteiger partial charge in [0.2, 0.25) is 0 Å². The van der Waals surface area contributed by atoms with Gasteiger partial charge in [0.25, 0.3) is 0 Å². The molecule has 0 radical (unpaired) electrons. The van der Waals surface area contributed by atoms with Crippen molar-refractivity contribution in [3.05, 3.63) is 11.2 Å². The zero-order valence-corrected chi connectivity index (χ0v) is 11.3. The summed E-state index contributed by atoms with van der Waals surface area (Å²) in [6.45, 7) is 1.68. The summed E-state index contributed by atoms with van der Waals surface area (Å²) in [6.07, 6.45) is 1.87. The molecule has 6 nitrogen and oxygen atoms in total. The topological polar surface area (TPSA) is 78.4 Å². The lowest BCUT2D eigenvalue weighted by atomic mass is 10.2. The molecule has 0 aliphatic carbocycles. The monoisotopic (exact) mass is 288 g/mol. The van der Waals surface area contributed by atoms with E-state index in [1.807, 2.05) is 11.2 Å². The summed E-state index contributed by atoms with van der Waals surface area (Å²) in [7, 11) is 0. The molecule has 0 aromatic carbocycles. The summed E-state index contributed by atoms with van der Waals surface area (Å²) in [5.74, 6) is -0.183. The van der Waals surface area contributed by atoms with Crippen molar-refractivity contribution in [1.29, 1.82) is 0 Å². The van der Waals surface area contributed by atoms with Crippen LogP contribution in [0, 0.1) is 0 Å². The van der Waals surface area contributed by atoms with Crippen molar-refractivity contribution in [3.8, 4) is 0 Å². The number of carboxylic acid groups (broad SMARTS) is 1. The second-order valence-corrected chi connectivity index (χ2v) is 4.99. The summed E-state index contributed by atoms with van der Waals surface area (Å²) in [6, 6.07) is 1.08. The maximum atomic E-state index is 11.0. The summed E-state index contributed by atoms with van der Waals surface area (Å²) < 4.78 is 0. The predicted molar refractivity (Wildman–Crippen MR) is 70.5 cm³/mol. The third kappa shape index (κ3) is 3.04. The molecule has 1 aliphatic heterocycles. The first-order valence-electron chi connectivity index (χ1n) is 5.40. The number of rotatable bonds is 3. The Balaban J connectivity index is 2.20. The number of carboxylic acids is 1. The number of halogens is 1. The molecule has 1 saturated heterocycles. The lowest BCUT2D eigenvalue weighted by Crippen LogP contribution is -2.54. The summed E-state index contributed by atoms with van der Waals surface area (Å²) >= 11 is 7.33. The fourth-order valence-corrected chi connectivity index (χ4v) is 2.36. The highest BCUT2D eigenvalue weighted by Gasteiger charge is 2.25. The molecule has 2 N–H and O–H groups in total. The van der Waals surface area contributed by atoms with E-state index in [1.165, 1.54) is 11.8 Å². The molecule has 98 valence electrons. The normalized spacial score (nSPS) is 19.9. The molecule has 1 aliphatic rings. The average molecular weight is 289 g/mol. The number of carbonyl (C=O) groups is 1. The third-order valence-electron chi connectivity index (χ3n) is 2.64. The average Bonchev–Trinajstić information content (AvgIpc) is 2.38. The van der Waals surface area contributed by atoms with Crippen molar-refractivity contribution in [2.24, 2.45) is 0 Å². The Kier molecular flexibility index (Phi) is 4.26. The largest absolute Gasteiger partial charge is 0.480 e. The first kappa shape index (κ1) is 13.4. The number of anilines is 1. The van der Waals surface area contributed by atoms with Crippen LogP contribution in [-0.2, 0) is 4.79 Å². The fraction of sp³-hybridized carbons (Fsp3) is 0.500. The van der Waals surface area contributed by atoms with E-state index < -0.39 is 12.0 Å². The number of hydrogen-bond acceptors (Lipinski definition) is 6. The van der Waals surface area contributed by atoms with Crippen molar-refractivity contribution in [1.82, 2.24) is 15.3 Å². The zero-order chi connectivity index (χ0) is 13.1. The fourth-order valence-electron chi connectivity index (χ4n) is 1.76. The molecule has 2 heterocycles. The van der Waals surface area contributed by atoms with Gasteiger partial charge in [0.1, 0.15) is 17.0 Å². The minimum atomic E-state index is -0.857. The highest BCUT2D eigenvalue weighted by molar-refractivity contribution is 7.98. The molecular weight excluding hydrogens is 276 g/mol. The Morgan fingerprint density at radius 3 is 3.11 bits per heavy atom. The number of aromatic nitrogens is 2. The van der Waals surface area contributed by atoms with Gasteiger partial charge in [-0.15, -0.1) is 0 Å². The minimum Gasteiger partial charge on any atom is -0.480 e. The number of hydrogen-bond donors (Lipinski definition) is 2. The van der Waals surface area contributed by atoms with E-state index in [1.54, 1.807) is 6.07 Å². The molecule has 8 heteroatoms. The maximum absolute atomic E-state index is 11.0. The van der Waals surface area contributed by atoms with E-state index in [0.717, 1.165) is 0 Å². The van der Waals surface area contributed by atoms with E-state index in [2.05, 4.69) is 15.3 Å². The molecular formula is C10H13ClN4O2S. The number of nitrogens with zero attached hydrogens (tertiary/aromatic N) is 3. The summed E-state index contributed by atoms with van der Waals surface area (Å²) in [4.78, 5) is 21.3. The third-order valence-corrected chi connectivity index (χ3v) is 3.38. The van der Waals surface area contributed by atoms with Crippen LogP contribution in [0.2, 0.25) is 5.15 Å². The van der Waals surface area contributed by atoms with Crippen molar-refractivity contribution >= 4 is 35.1 Å². The first-order valence-corrected chi connectivity index (χ1v) is 7.00. The van der Waals surface area contributed by atoms with Crippen LogP contribution in [0.1, 0.15) is 0 Å². The quantitative estimate of drug-likeness (QED) is 0.482. The van der Waals surface area contributed by atoms with Gasteiger partial charge in [-0.2, -0.15) is 0 Å². The van der Waals surface area contributed by atoms with Gasteiger partial charge >= 0.3 is 5.97 Å². The smallest absolute Gasteiger partial charge is 0.322 e. The van der Waals surface area contributed by atoms with Crippen LogP contribution in [0.25, 0.3) is 0 Å². The van der Waals surface area contributed by atoms with Crippen molar-refractivity contribution in [2.75, 3.05) is 30.8 Å². The molecule has 0 bridgehead atoms. The van der Waals surface area contributed by atoms with E-state index >= 15 is 0 Å². The molecule has 1 atom stereocenters. The van der Waals surface area contributed by atoms with Gasteiger partial charge in [0.05, 0.1) is 0 Å². The van der Waals surface area contributed by atoms with Crippen LogP contribution in [0.5, 0.6) is 0 Å². The van der Waals surface area contributed by atoms with Gasteiger partial charge in [0, 0.05) is 25.7 Å². The second kappa shape index (κ2) is 5.73. The molecule has 2 rings (SSSR count). The highest BCUT2D eigenvalue weighted by atomic mass is 35.5. The van der Waals surface area contributed by atoms with Crippen LogP contribution in [-0.4, -0.2) is 53.0 Å². The van der Waals surface area contributed by atoms with Crippen molar-refractivity contribution < 1.29 is 9.90 Å². The van der Waals surface area contributed by atoms with E-state index in [4.69, 9.17) is 16.7 Å². The summed E-state index contributed by atoms with van der Waals surface area (Å²) in [5, 5.41) is 12.9. The van der Waals surface area contributed by atoms with Gasteiger partial charge in [-0.1, -0.05) is 23.4 Å². The molecule has 1 fully saturated rings. The Morgan fingerprint density at radius 1 is 1.67 bits per heavy atom. The van der Waals surface area contributed by atoms with Gasteiger partial charge in [-0.05, 0) is 6.26 Å². The van der Waals surface area contributed by atoms with E-state index in [-0.39, 0.29) is 0 Å². The Labute approximate surface area is 114 Å². The summed E-state index contributed by atoms with van der Waals surface area (Å²) in [5.41, 5.74) is 0. The Morgan fingerprint density at radius 2 is 2.44 bits per heavy atom. The maximum Gasteiger partial charge on any atom is 0.322 e. The van der Waals surface area contributed by atoms with Crippen LogP contribution >= 0.6 is 23.4 Å². The molecule has 0 saturated carbocycles. The highest BCUT2D eigenvalue weighted by Crippen LogP contribution is 2.21. The second-order valence-electron chi connectivity index (χ2n) is 3.83. The standard InChI is InChI=1S/C10H13ClN4O2S/c1-18-10-13-7(11)4-8(14-10)15-3-2-12-6(5-15)9(16)17/h4,6,12H,2-3,5H2,1H3,(H,16,17). The predicted octanol–water partition coefficient (Wildman–Crippen LogP) is 0.715. The molecule has 0 amide bonds. The zero-order valence-electron chi connectivity index (χ0n) is 9.76. The molecule has 18 heavy (non-hydrogen) atoms. The Bertz CT molecular complexity index is 460. The van der Waals surface area contributed by atoms with Crippen molar-refractivity contribution in [3.63, 3.8) is 0 Å². The lowest BCUT2D eigenvalue weighted by Gasteiger charge is -2.32. The first-order chi connectivity index (χ1) is 8.60. The molecule has 1 aromatic rings. The van der Waals surface area contributed by atoms with E-state index in [0.29, 0.717) is 35.8 Å². The van der Waals surface area contributed by atoms with E-state index in [9.17, 15) is 4.79 Å². The molecule has 1 aromatic heterocycles. The van der Waals surface area contributed by atoms with Gasteiger partial charge in [-0.3, -0.25) is 4.79 Å². The van der Waals surface area contributed by atoms with Gasteiger partial charge in [0.15, 0.2) is 5.16 Å². The van der Waals surface area contributed by atoms with Crippen LogP contribution in [0.3, 0.4) is 0 Å². The Hall–Kier alpha value is -1.05. The van der Waals surface area contributed by atoms with Crippen LogP contribution in [0.15, 0.2) is 11.2 Å².